The zero-order chi connectivity index (χ0) is 9.15. The predicted molar refractivity (Wildman–Crippen MR) is 46.6 cm³/mol. The zero-order valence-corrected chi connectivity index (χ0v) is 8.04. The van der Waals surface area contributed by atoms with Crippen LogP contribution in [0.1, 0.15) is 33.6 Å². The zero-order valence-electron chi connectivity index (χ0n) is 8.04. The lowest BCUT2D eigenvalue weighted by Crippen LogP contribution is -2.45. The summed E-state index contributed by atoms with van der Waals surface area (Å²) < 4.78 is 0. The molecule has 0 saturated heterocycles. The third-order valence-electron chi connectivity index (χ3n) is 4.15. The van der Waals surface area contributed by atoms with Gasteiger partial charge in [0.1, 0.15) is 0 Å². The number of hydrogen-bond acceptors (Lipinski definition) is 2. The molecule has 0 aromatic rings. The molecule has 2 saturated carbocycles. The van der Waals surface area contributed by atoms with E-state index in [1.54, 1.807) is 0 Å². The van der Waals surface area contributed by atoms with Gasteiger partial charge in [0.25, 0.3) is 0 Å². The van der Waals surface area contributed by atoms with Crippen molar-refractivity contribution in [3.05, 3.63) is 0 Å². The molecule has 0 heterocycles. The highest BCUT2D eigenvalue weighted by atomic mass is 16.3. The van der Waals surface area contributed by atoms with Crippen LogP contribution in [0.25, 0.3) is 0 Å². The van der Waals surface area contributed by atoms with Gasteiger partial charge in [-0.2, -0.15) is 0 Å². The van der Waals surface area contributed by atoms with E-state index in [4.69, 9.17) is 0 Å². The van der Waals surface area contributed by atoms with Crippen LogP contribution in [0.3, 0.4) is 0 Å². The lowest BCUT2D eigenvalue weighted by atomic mass is 9.69. The van der Waals surface area contributed by atoms with Gasteiger partial charge in [-0.15, -0.1) is 0 Å². The van der Waals surface area contributed by atoms with Crippen molar-refractivity contribution in [2.45, 2.75) is 45.8 Å². The van der Waals surface area contributed by atoms with Crippen molar-refractivity contribution in [1.82, 2.24) is 0 Å². The van der Waals surface area contributed by atoms with Crippen LogP contribution in [0.15, 0.2) is 0 Å². The molecular weight excluding hydrogens is 152 g/mol. The highest BCUT2D eigenvalue weighted by molar-refractivity contribution is 5.12. The second-order valence-electron chi connectivity index (χ2n) is 5.46. The maximum atomic E-state index is 10.0. The van der Waals surface area contributed by atoms with E-state index in [0.29, 0.717) is 5.92 Å². The molecule has 70 valence electrons. The van der Waals surface area contributed by atoms with Crippen molar-refractivity contribution in [3.63, 3.8) is 0 Å². The van der Waals surface area contributed by atoms with Crippen molar-refractivity contribution in [2.24, 2.45) is 16.7 Å². The molecule has 0 amide bonds. The molecule has 2 bridgehead atoms. The Bertz CT molecular complexity index is 207. The van der Waals surface area contributed by atoms with E-state index < -0.39 is 0 Å². The molecule has 2 N–H and O–H groups in total. The molecule has 0 aliphatic heterocycles. The minimum Gasteiger partial charge on any atom is -0.393 e. The highest BCUT2D eigenvalue weighted by Crippen LogP contribution is 2.62. The van der Waals surface area contributed by atoms with Crippen molar-refractivity contribution in [2.75, 3.05) is 0 Å². The van der Waals surface area contributed by atoms with Crippen LogP contribution in [0.2, 0.25) is 0 Å². The van der Waals surface area contributed by atoms with Gasteiger partial charge < -0.3 is 10.2 Å². The molecule has 2 heteroatoms. The lowest BCUT2D eigenvalue weighted by molar-refractivity contribution is -0.0783. The van der Waals surface area contributed by atoms with Gasteiger partial charge in [-0.05, 0) is 29.6 Å². The molecule has 2 aliphatic carbocycles. The molecule has 0 aromatic carbocycles. The Labute approximate surface area is 73.6 Å². The van der Waals surface area contributed by atoms with Crippen LogP contribution in [-0.2, 0) is 0 Å². The summed E-state index contributed by atoms with van der Waals surface area (Å²) >= 11 is 0. The van der Waals surface area contributed by atoms with Crippen molar-refractivity contribution >= 4 is 0 Å². The first-order valence-electron chi connectivity index (χ1n) is 4.74. The molecule has 0 aromatic heterocycles. The van der Waals surface area contributed by atoms with Crippen molar-refractivity contribution in [3.8, 4) is 0 Å². The Balaban J connectivity index is 2.36. The van der Waals surface area contributed by atoms with E-state index in [-0.39, 0.29) is 23.0 Å². The Morgan fingerprint density at radius 2 is 1.67 bits per heavy atom. The summed E-state index contributed by atoms with van der Waals surface area (Å²) in [5, 5.41) is 19.7. The summed E-state index contributed by atoms with van der Waals surface area (Å²) in [4.78, 5) is 0. The summed E-state index contributed by atoms with van der Waals surface area (Å²) in [5.74, 6) is 0.303. The van der Waals surface area contributed by atoms with Crippen LogP contribution < -0.4 is 0 Å². The van der Waals surface area contributed by atoms with Gasteiger partial charge in [0.15, 0.2) is 0 Å². The quantitative estimate of drug-likeness (QED) is 0.573. The molecule has 12 heavy (non-hydrogen) atoms. The van der Waals surface area contributed by atoms with Gasteiger partial charge in [-0.1, -0.05) is 20.8 Å². The van der Waals surface area contributed by atoms with E-state index in [1.807, 2.05) is 0 Å². The average molecular weight is 170 g/mol. The molecule has 0 spiro atoms. The Morgan fingerprint density at radius 3 is 2.00 bits per heavy atom. The Hall–Kier alpha value is -0.0800. The van der Waals surface area contributed by atoms with Crippen LogP contribution >= 0.6 is 0 Å². The van der Waals surface area contributed by atoms with E-state index in [1.165, 1.54) is 0 Å². The van der Waals surface area contributed by atoms with Gasteiger partial charge in [-0.25, -0.2) is 0 Å². The fourth-order valence-corrected chi connectivity index (χ4v) is 3.42. The largest absolute Gasteiger partial charge is 0.393 e. The normalized spacial score (nSPS) is 56.2. The van der Waals surface area contributed by atoms with Crippen molar-refractivity contribution < 1.29 is 10.2 Å². The van der Waals surface area contributed by atoms with Crippen LogP contribution in [0, 0.1) is 16.7 Å². The monoisotopic (exact) mass is 170 g/mol. The number of hydrogen-bond donors (Lipinski definition) is 2. The number of aliphatic hydroxyl groups is 2. The number of fused-ring (bicyclic) bond motifs is 2. The van der Waals surface area contributed by atoms with E-state index in [2.05, 4.69) is 20.8 Å². The lowest BCUT2D eigenvalue weighted by Gasteiger charge is -2.41. The fraction of sp³-hybridized carbons (Fsp3) is 1.00. The van der Waals surface area contributed by atoms with Crippen LogP contribution in [0.4, 0.5) is 0 Å². The topological polar surface area (TPSA) is 40.5 Å². The SMILES string of the molecule is CC12CC([C@@H](O)C1)C(C)(C)[C@H]2O. The van der Waals surface area contributed by atoms with E-state index in [0.717, 1.165) is 12.8 Å². The van der Waals surface area contributed by atoms with Gasteiger partial charge in [-0.3, -0.25) is 0 Å². The second-order valence-corrected chi connectivity index (χ2v) is 5.46. The van der Waals surface area contributed by atoms with Crippen molar-refractivity contribution in [1.29, 1.82) is 0 Å². The average Bonchev–Trinajstić information content (AvgIpc) is 2.32. The summed E-state index contributed by atoms with van der Waals surface area (Å²) in [5.41, 5.74) is -0.111. The first kappa shape index (κ1) is 8.52. The molecule has 2 aliphatic rings. The summed E-state index contributed by atoms with van der Waals surface area (Å²) in [6.45, 7) is 6.22. The first-order chi connectivity index (χ1) is 5.38. The minimum absolute atomic E-state index is 0.0203. The second kappa shape index (κ2) is 2.05. The minimum atomic E-state index is -0.238. The molecule has 2 unspecified atom stereocenters. The standard InChI is InChI=1S/C10H18O2/c1-9(2)6-4-10(3,8(9)12)5-7(6)11/h6-8,11-12H,4-5H2,1-3H3/t6?,7-,8+,10?/m0/s1. The third kappa shape index (κ3) is 0.775. The number of aliphatic hydroxyl groups excluding tert-OH is 2. The Morgan fingerprint density at radius 1 is 1.08 bits per heavy atom. The summed E-state index contributed by atoms with van der Waals surface area (Å²) in [7, 11) is 0. The van der Waals surface area contributed by atoms with Gasteiger partial charge >= 0.3 is 0 Å². The predicted octanol–water partition coefficient (Wildman–Crippen LogP) is 1.16. The van der Waals surface area contributed by atoms with E-state index >= 15 is 0 Å². The van der Waals surface area contributed by atoms with Crippen LogP contribution in [0.5, 0.6) is 0 Å². The maximum absolute atomic E-state index is 10.0. The molecule has 2 fully saturated rings. The van der Waals surface area contributed by atoms with E-state index in [9.17, 15) is 10.2 Å². The molecule has 4 atom stereocenters. The van der Waals surface area contributed by atoms with Gasteiger partial charge in [0.05, 0.1) is 12.2 Å². The highest BCUT2D eigenvalue weighted by Gasteiger charge is 2.62. The summed E-state index contributed by atoms with van der Waals surface area (Å²) in [6, 6.07) is 0. The maximum Gasteiger partial charge on any atom is 0.0649 e. The van der Waals surface area contributed by atoms with Crippen LogP contribution in [-0.4, -0.2) is 22.4 Å². The smallest absolute Gasteiger partial charge is 0.0649 e. The molecule has 2 rings (SSSR count). The van der Waals surface area contributed by atoms with Gasteiger partial charge in [0, 0.05) is 0 Å². The molecule has 0 radical (unpaired) electrons. The first-order valence-corrected chi connectivity index (χ1v) is 4.74. The third-order valence-corrected chi connectivity index (χ3v) is 4.15. The Kier molecular flexibility index (Phi) is 1.45. The number of rotatable bonds is 0. The molecular formula is C10H18O2. The molecule has 2 nitrogen and oxygen atoms in total. The fourth-order valence-electron chi connectivity index (χ4n) is 3.42. The van der Waals surface area contributed by atoms with Gasteiger partial charge in [0.2, 0.25) is 0 Å². The summed E-state index contributed by atoms with van der Waals surface area (Å²) in [6.07, 6.45) is 1.34.